The summed E-state index contributed by atoms with van der Waals surface area (Å²) in [7, 11) is 1.68. The summed E-state index contributed by atoms with van der Waals surface area (Å²) in [4.78, 5) is 0. The first-order valence-electron chi connectivity index (χ1n) is 14.8. The highest BCUT2D eigenvalue weighted by molar-refractivity contribution is 5.26. The van der Waals surface area contributed by atoms with Crippen molar-refractivity contribution in [3.05, 3.63) is 77.4 Å². The zero-order chi connectivity index (χ0) is 28.4. The number of rotatable bonds is 15. The van der Waals surface area contributed by atoms with Gasteiger partial charge >= 0.3 is 0 Å². The summed E-state index contributed by atoms with van der Waals surface area (Å²) in [5, 5.41) is 0. The summed E-state index contributed by atoms with van der Waals surface area (Å²) in [6.07, 6.45) is 6.17. The molecule has 0 saturated carbocycles. The lowest BCUT2D eigenvalue weighted by Crippen LogP contribution is -2.35. The fraction of sp³-hybridized carbons (Fsp3) is 0.588. The fourth-order valence-corrected chi connectivity index (χ4v) is 5.40. The Kier molecular flexibility index (Phi) is 11.6. The third-order valence-electron chi connectivity index (χ3n) is 7.87. The Morgan fingerprint density at radius 3 is 2.35 bits per heavy atom. The Hall–Kier alpha value is -2.22. The Labute approximate surface area is 240 Å². The number of methoxy groups -OCH3 is 1. The monoisotopic (exact) mass is 552 g/mol. The van der Waals surface area contributed by atoms with Crippen LogP contribution in [0.5, 0.6) is 5.75 Å². The Morgan fingerprint density at radius 2 is 1.68 bits per heavy atom. The lowest BCUT2D eigenvalue weighted by Gasteiger charge is -2.32. The topological polar surface area (TPSA) is 55.4 Å². The van der Waals surface area contributed by atoms with Crippen molar-refractivity contribution in [3.63, 3.8) is 0 Å². The number of hydrogen-bond acceptors (Lipinski definition) is 6. The summed E-state index contributed by atoms with van der Waals surface area (Å²) >= 11 is 0. The highest BCUT2D eigenvalue weighted by Gasteiger charge is 2.38. The molecule has 0 amide bonds. The van der Waals surface area contributed by atoms with Gasteiger partial charge < -0.3 is 28.4 Å². The second-order valence-corrected chi connectivity index (χ2v) is 11.8. The minimum Gasteiger partial charge on any atom is -0.497 e. The maximum atomic E-state index is 6.64. The molecule has 2 aliphatic rings. The molecule has 4 rings (SSSR count). The molecule has 0 bridgehead atoms. The third kappa shape index (κ3) is 9.42. The second kappa shape index (κ2) is 15.1. The highest BCUT2D eigenvalue weighted by Crippen LogP contribution is 2.33. The van der Waals surface area contributed by atoms with Crippen molar-refractivity contribution >= 4 is 0 Å². The summed E-state index contributed by atoms with van der Waals surface area (Å²) in [5.41, 5.74) is 3.58. The summed E-state index contributed by atoms with van der Waals surface area (Å²) in [6.45, 7) is 11.4. The summed E-state index contributed by atoms with van der Waals surface area (Å²) in [6, 6.07) is 18.4. The van der Waals surface area contributed by atoms with Crippen molar-refractivity contribution < 1.29 is 28.4 Å². The van der Waals surface area contributed by atoms with Crippen LogP contribution in [-0.4, -0.2) is 51.0 Å². The highest BCUT2D eigenvalue weighted by atomic mass is 16.7. The van der Waals surface area contributed by atoms with E-state index < -0.39 is 5.79 Å². The van der Waals surface area contributed by atoms with Gasteiger partial charge in [-0.15, -0.1) is 0 Å². The molecule has 1 aliphatic carbocycles. The molecule has 40 heavy (non-hydrogen) atoms. The first-order chi connectivity index (χ1) is 19.3. The molecular weight excluding hydrogens is 504 g/mol. The van der Waals surface area contributed by atoms with E-state index in [1.807, 2.05) is 44.2 Å². The van der Waals surface area contributed by atoms with Gasteiger partial charge in [0.25, 0.3) is 0 Å². The molecule has 2 aromatic carbocycles. The smallest absolute Gasteiger partial charge is 0.163 e. The van der Waals surface area contributed by atoms with Gasteiger partial charge in [0, 0.05) is 6.61 Å². The number of benzene rings is 2. The molecule has 0 unspecified atom stereocenters. The van der Waals surface area contributed by atoms with Crippen LogP contribution in [0, 0.1) is 11.8 Å². The average molecular weight is 553 g/mol. The van der Waals surface area contributed by atoms with Crippen molar-refractivity contribution in [1.29, 1.82) is 0 Å². The van der Waals surface area contributed by atoms with Crippen LogP contribution in [-0.2, 0) is 36.9 Å². The number of ether oxygens (including phenoxy) is 6. The van der Waals surface area contributed by atoms with E-state index in [4.69, 9.17) is 28.4 Å². The quantitative estimate of drug-likeness (QED) is 0.173. The molecule has 220 valence electrons. The van der Waals surface area contributed by atoms with E-state index in [0.29, 0.717) is 44.9 Å². The predicted molar refractivity (Wildman–Crippen MR) is 157 cm³/mol. The molecule has 1 fully saturated rings. The first kappa shape index (κ1) is 30.7. The molecule has 0 aromatic heterocycles. The van der Waals surface area contributed by atoms with Crippen molar-refractivity contribution in [2.75, 3.05) is 26.9 Å². The average Bonchev–Trinajstić information content (AvgIpc) is 3.33. The molecule has 1 saturated heterocycles. The lowest BCUT2D eigenvalue weighted by molar-refractivity contribution is -0.157. The van der Waals surface area contributed by atoms with Crippen LogP contribution in [0.25, 0.3) is 0 Å². The van der Waals surface area contributed by atoms with Gasteiger partial charge in [0.05, 0.1) is 45.7 Å². The fourth-order valence-electron chi connectivity index (χ4n) is 5.40. The minimum absolute atomic E-state index is 0.0703. The van der Waals surface area contributed by atoms with Gasteiger partial charge in [0.1, 0.15) is 11.9 Å². The van der Waals surface area contributed by atoms with E-state index >= 15 is 0 Å². The van der Waals surface area contributed by atoms with Crippen molar-refractivity contribution in [2.24, 2.45) is 11.8 Å². The van der Waals surface area contributed by atoms with E-state index in [2.05, 4.69) is 44.2 Å². The summed E-state index contributed by atoms with van der Waals surface area (Å²) in [5.74, 6) is 1.40. The van der Waals surface area contributed by atoms with Crippen LogP contribution < -0.4 is 4.74 Å². The van der Waals surface area contributed by atoms with Gasteiger partial charge in [-0.2, -0.15) is 0 Å². The first-order valence-corrected chi connectivity index (χ1v) is 14.8. The molecule has 0 radical (unpaired) electrons. The second-order valence-electron chi connectivity index (χ2n) is 11.8. The SMILES string of the molecule is COc1ccc(COCCC[C@@H](OCC2=C[C@@H](C(C)C)CC[C@@H]2OCc2ccccc2)[C@H]2COC(C)(C)O2)cc1. The zero-order valence-electron chi connectivity index (χ0n) is 25.0. The van der Waals surface area contributed by atoms with E-state index in [1.54, 1.807) is 7.11 Å². The maximum absolute atomic E-state index is 6.64. The lowest BCUT2D eigenvalue weighted by atomic mass is 9.82. The number of allylic oxidation sites excluding steroid dienone is 1. The van der Waals surface area contributed by atoms with Crippen LogP contribution >= 0.6 is 0 Å². The third-order valence-corrected chi connectivity index (χ3v) is 7.87. The molecule has 4 atom stereocenters. The molecule has 1 heterocycles. The van der Waals surface area contributed by atoms with E-state index in [-0.39, 0.29) is 18.3 Å². The zero-order valence-corrected chi connectivity index (χ0v) is 25.0. The Balaban J connectivity index is 1.33. The Bertz CT molecular complexity index is 1030. The standard InChI is InChI=1S/C34H48O6/c1-25(2)28-15-18-31(37-22-26-10-7-6-8-11-26)29(20-28)23-38-32(33-24-39-34(3,4)40-33)12-9-19-36-21-27-13-16-30(35-5)17-14-27/h6-8,10-11,13-14,16-17,20,25,28,31-33H,9,12,15,18-19,21-24H2,1-5H3/t28-,31-,32+,33+/m0/s1. The number of hydrogen-bond donors (Lipinski definition) is 0. The van der Waals surface area contributed by atoms with Gasteiger partial charge in [-0.25, -0.2) is 0 Å². The van der Waals surface area contributed by atoms with E-state index in [0.717, 1.165) is 37.0 Å². The van der Waals surface area contributed by atoms with Gasteiger partial charge in [-0.3, -0.25) is 0 Å². The van der Waals surface area contributed by atoms with E-state index in [9.17, 15) is 0 Å². The Morgan fingerprint density at radius 1 is 0.925 bits per heavy atom. The normalized spacial score (nSPS) is 23.2. The molecule has 6 heteroatoms. The van der Waals surface area contributed by atoms with Gasteiger partial charge in [-0.05, 0) is 80.2 Å². The van der Waals surface area contributed by atoms with Crippen molar-refractivity contribution in [1.82, 2.24) is 0 Å². The molecule has 0 N–H and O–H groups in total. The van der Waals surface area contributed by atoms with Crippen molar-refractivity contribution in [2.45, 2.75) is 90.7 Å². The largest absolute Gasteiger partial charge is 0.497 e. The van der Waals surface area contributed by atoms with Crippen LogP contribution in [0.15, 0.2) is 66.2 Å². The van der Waals surface area contributed by atoms with Gasteiger partial charge in [-0.1, -0.05) is 62.4 Å². The van der Waals surface area contributed by atoms with Crippen LogP contribution in [0.3, 0.4) is 0 Å². The van der Waals surface area contributed by atoms with Gasteiger partial charge in [0.2, 0.25) is 0 Å². The molecule has 0 spiro atoms. The molecule has 1 aliphatic heterocycles. The maximum Gasteiger partial charge on any atom is 0.163 e. The molecule has 2 aromatic rings. The van der Waals surface area contributed by atoms with Gasteiger partial charge in [0.15, 0.2) is 5.79 Å². The summed E-state index contributed by atoms with van der Waals surface area (Å²) < 4.78 is 36.4. The van der Waals surface area contributed by atoms with Crippen LogP contribution in [0.4, 0.5) is 0 Å². The van der Waals surface area contributed by atoms with E-state index in [1.165, 1.54) is 11.1 Å². The van der Waals surface area contributed by atoms with Crippen LogP contribution in [0.1, 0.15) is 64.5 Å². The predicted octanol–water partition coefficient (Wildman–Crippen LogP) is 7.11. The molecular formula is C34H48O6. The van der Waals surface area contributed by atoms with Crippen LogP contribution in [0.2, 0.25) is 0 Å². The van der Waals surface area contributed by atoms with Crippen molar-refractivity contribution in [3.8, 4) is 5.75 Å². The minimum atomic E-state index is -0.592. The molecule has 6 nitrogen and oxygen atoms in total.